The number of piperazine rings is 3. The molecule has 3 saturated heterocycles. The van der Waals surface area contributed by atoms with Gasteiger partial charge in [-0.05, 0) is 159 Å². The summed E-state index contributed by atoms with van der Waals surface area (Å²) in [5.41, 5.74) is 25.3. The Hall–Kier alpha value is -14.6. The van der Waals surface area contributed by atoms with Gasteiger partial charge < -0.3 is 60.3 Å². The van der Waals surface area contributed by atoms with E-state index in [1.165, 1.54) is 69.8 Å². The number of pyridine rings is 6. The smallest absolute Gasteiger partial charge is 0.356 e. The summed E-state index contributed by atoms with van der Waals surface area (Å²) < 4.78 is 71.3. The molecular formula is C98H100Cl3F4N27O6. The molecule has 40 heteroatoms. The Morgan fingerprint density at radius 3 is 1.00 bits per heavy atom. The number of imidazole rings is 3. The number of carbonyl (C=O) groups excluding carboxylic acids is 3. The fourth-order valence-corrected chi connectivity index (χ4v) is 20.0. The average molecular weight is 1930 g/mol. The number of fused-ring (bicyclic) bond motifs is 6. The molecule has 712 valence electrons. The van der Waals surface area contributed by atoms with E-state index >= 15 is 17.6 Å². The molecule has 1 saturated carbocycles. The van der Waals surface area contributed by atoms with Crippen LogP contribution in [0.5, 0.6) is 0 Å². The largest absolute Gasteiger partial charge is 0.398 e. The van der Waals surface area contributed by atoms with Crippen molar-refractivity contribution in [1.29, 1.82) is 0 Å². The van der Waals surface area contributed by atoms with Gasteiger partial charge in [-0.25, -0.2) is 81.1 Å². The van der Waals surface area contributed by atoms with Crippen molar-refractivity contribution in [1.82, 2.24) is 102 Å². The first kappa shape index (κ1) is 95.1. The fourth-order valence-electron chi connectivity index (χ4n) is 19.3. The van der Waals surface area contributed by atoms with Gasteiger partial charge in [-0.15, -0.1) is 0 Å². The van der Waals surface area contributed by atoms with Gasteiger partial charge in [0.2, 0.25) is 23.7 Å². The molecule has 1 aliphatic carbocycles. The molecule has 19 rings (SSSR count). The summed E-state index contributed by atoms with van der Waals surface area (Å²) in [5.74, 6) is -2.51. The van der Waals surface area contributed by atoms with Gasteiger partial charge in [0, 0.05) is 130 Å². The molecular weight excluding hydrogens is 1830 g/mol. The highest BCUT2D eigenvalue weighted by Gasteiger charge is 2.42. The Morgan fingerprint density at radius 2 is 0.710 bits per heavy atom. The van der Waals surface area contributed by atoms with Crippen LogP contribution in [0.4, 0.5) is 52.1 Å². The van der Waals surface area contributed by atoms with E-state index in [-0.39, 0.29) is 166 Å². The van der Waals surface area contributed by atoms with Gasteiger partial charge in [-0.3, -0.25) is 14.4 Å². The Morgan fingerprint density at radius 1 is 0.413 bits per heavy atom. The molecule has 0 radical (unpaired) electrons. The van der Waals surface area contributed by atoms with Crippen LogP contribution >= 0.6 is 34.8 Å². The van der Waals surface area contributed by atoms with E-state index in [0.29, 0.717) is 129 Å². The molecule has 6 N–H and O–H groups in total. The van der Waals surface area contributed by atoms with Crippen molar-refractivity contribution in [3.05, 3.63) is 228 Å². The predicted octanol–water partition coefficient (Wildman–Crippen LogP) is 15.0. The first-order valence-electron chi connectivity index (χ1n) is 44.9. The molecule has 0 bridgehead atoms. The molecule has 3 amide bonds. The van der Waals surface area contributed by atoms with Gasteiger partial charge in [0.1, 0.15) is 57.1 Å². The lowest BCUT2D eigenvalue weighted by molar-refractivity contribution is -0.129. The summed E-state index contributed by atoms with van der Waals surface area (Å²) in [4.78, 5) is 148. The molecule has 6 atom stereocenters. The van der Waals surface area contributed by atoms with Crippen molar-refractivity contribution in [2.75, 3.05) is 71.2 Å². The summed E-state index contributed by atoms with van der Waals surface area (Å²) in [6, 6.07) is 16.4. The van der Waals surface area contributed by atoms with Crippen LogP contribution in [0, 0.1) is 37.2 Å². The monoisotopic (exact) mass is 1930 g/mol. The maximum Gasteiger partial charge on any atom is 0.356 e. The van der Waals surface area contributed by atoms with Crippen LogP contribution in [0.1, 0.15) is 128 Å². The average Bonchev–Trinajstić information content (AvgIpc) is 1.26. The topological polar surface area (TPSA) is 384 Å². The molecule has 0 unspecified atom stereocenters. The number of nitrogen functional groups attached to an aromatic ring is 3. The third kappa shape index (κ3) is 16.4. The molecule has 4 fully saturated rings. The summed E-state index contributed by atoms with van der Waals surface area (Å²) in [7, 11) is 5.44. The Balaban J connectivity index is 0.000000143. The standard InChI is InChI=1S/2C33H35ClFN9O2.C32H30ClF2N9O2/c2*1-8-24(45)42-13-18(5)43(14-17(42)4)30-20-12-21(34)27(26-22(35)10-9-11-23(26)36)39-31(20)44(33(46)40-30)29-19(6)38-32-28(25(29)16(2)3)37-15-41(32)7;1-5-22(45)42-12-16(3)43(13-15(42)2)29-18-11-19(33)25(24-20(34)7-6-8-21(24)36)38-30(18)44(32(46)40-29)27-23(17-9-10-17)26-31(39-28(27)35)41(4)14-37-26/h2*8-12,15-18H,1,13-14,36H2,2-7H3;5-8,11,14-17H,1,9-10,12-13,36H2,2-4H3/t2*17-,18+;15-,16+/m111/s1. The van der Waals surface area contributed by atoms with E-state index in [1.807, 2.05) is 121 Å². The minimum Gasteiger partial charge on any atom is -0.398 e. The van der Waals surface area contributed by atoms with E-state index in [0.717, 1.165) is 28.5 Å². The zero-order chi connectivity index (χ0) is 99.0. The number of nitrogens with two attached hydrogens (primary N) is 3. The lowest BCUT2D eigenvalue weighted by Crippen LogP contribution is -2.58. The zero-order valence-electron chi connectivity index (χ0n) is 78.4. The molecule has 138 heavy (non-hydrogen) atoms. The summed E-state index contributed by atoms with van der Waals surface area (Å²) in [6.45, 7) is 36.4. The highest BCUT2D eigenvalue weighted by atomic mass is 35.5. The maximum absolute atomic E-state index is 16.2. The van der Waals surface area contributed by atoms with Crippen molar-refractivity contribution in [3.63, 3.8) is 0 Å². The SMILES string of the molecule is C=CC(=O)N1C[C@H](C)N(c2nc(=O)n(-c3c(C)nc4c(ncn4C)c3C(C)C)c3nc(-c4c(N)cccc4F)c(Cl)cc23)C[C@H]1C.C=CC(=O)N1C[C@H](C)N(c2nc(=O)n(-c3c(C)nc4c(ncn4C)c3C(C)C)c3nc(-c4c(N)cccc4F)c(Cl)cc23)C[C@H]1C.C=CC(=O)N1C[C@H](C)N(c2nc(=O)n(-c3c(F)nc4c(ncn4C)c3C3CC3)c3nc(-c4c(N)cccc4F)c(Cl)cc23)C[C@H]1C. The minimum atomic E-state index is -0.891. The first-order chi connectivity index (χ1) is 65.7. The van der Waals surface area contributed by atoms with Gasteiger partial charge in [-0.1, -0.05) is 100 Å². The van der Waals surface area contributed by atoms with Crippen LogP contribution in [0.25, 0.3) is 117 Å². The van der Waals surface area contributed by atoms with E-state index in [2.05, 4.69) is 54.6 Å². The third-order valence-corrected chi connectivity index (χ3v) is 27.0. The number of halogens is 7. The van der Waals surface area contributed by atoms with E-state index in [9.17, 15) is 28.8 Å². The van der Waals surface area contributed by atoms with Crippen LogP contribution < -0.4 is 49.0 Å². The second kappa shape index (κ2) is 36.8. The predicted molar refractivity (Wildman–Crippen MR) is 530 cm³/mol. The second-order valence-corrected chi connectivity index (χ2v) is 37.4. The van der Waals surface area contributed by atoms with Gasteiger partial charge in [-0.2, -0.15) is 24.3 Å². The van der Waals surface area contributed by atoms with Crippen molar-refractivity contribution >= 4 is 154 Å². The highest BCUT2D eigenvalue weighted by Crippen LogP contribution is 2.49. The van der Waals surface area contributed by atoms with Crippen molar-refractivity contribution < 1.29 is 31.9 Å². The van der Waals surface area contributed by atoms with Crippen LogP contribution in [0.2, 0.25) is 15.1 Å². The van der Waals surface area contributed by atoms with E-state index < -0.39 is 40.5 Å². The highest BCUT2D eigenvalue weighted by molar-refractivity contribution is 6.35. The van der Waals surface area contributed by atoms with Gasteiger partial charge in [0.25, 0.3) is 0 Å². The summed E-state index contributed by atoms with van der Waals surface area (Å²) in [5, 5.41) is 1.60. The first-order valence-corrected chi connectivity index (χ1v) is 46.1. The number of rotatable bonds is 15. The molecule has 12 aromatic heterocycles. The molecule has 33 nitrogen and oxygen atoms in total. The van der Waals surface area contributed by atoms with Crippen LogP contribution in [-0.4, -0.2) is 195 Å². The van der Waals surface area contributed by atoms with Gasteiger partial charge in [0.05, 0.1) is 107 Å². The summed E-state index contributed by atoms with van der Waals surface area (Å²) >= 11 is 20.5. The lowest BCUT2D eigenvalue weighted by atomic mass is 9.99. The number of hydrogen-bond donors (Lipinski definition) is 3. The van der Waals surface area contributed by atoms with Gasteiger partial charge in [0.15, 0.2) is 33.9 Å². The zero-order valence-corrected chi connectivity index (χ0v) is 80.7. The van der Waals surface area contributed by atoms with Crippen molar-refractivity contribution in [2.24, 2.45) is 21.1 Å². The van der Waals surface area contributed by atoms with Crippen LogP contribution in [-0.2, 0) is 35.5 Å². The molecule has 15 aromatic rings. The number of aromatic nitrogens is 18. The van der Waals surface area contributed by atoms with E-state index in [4.69, 9.17) is 76.9 Å². The van der Waals surface area contributed by atoms with Crippen LogP contribution in [0.15, 0.2) is 144 Å². The number of anilines is 6. The van der Waals surface area contributed by atoms with E-state index in [1.54, 1.807) is 75.6 Å². The normalized spacial score (nSPS) is 17.5. The number of amides is 3. The number of carbonyl (C=O) groups is 3. The number of nitrogens with zero attached hydrogens (tertiary/aromatic N) is 24. The number of aryl methyl sites for hydroxylation is 5. The molecule has 3 aliphatic heterocycles. The Bertz CT molecular complexity index is 7080. The third-order valence-electron chi connectivity index (χ3n) is 26.1. The Labute approximate surface area is 803 Å². The fraction of sp³-hybridized carbons (Fsp3) is 0.327. The van der Waals surface area contributed by atoms with Crippen molar-refractivity contribution in [3.8, 4) is 50.8 Å². The molecule has 0 spiro atoms. The number of benzene rings is 3. The quantitative estimate of drug-likeness (QED) is 0.0371. The summed E-state index contributed by atoms with van der Waals surface area (Å²) in [6.07, 6.45) is 10.3. The molecule has 15 heterocycles. The molecule has 3 aromatic carbocycles. The van der Waals surface area contributed by atoms with Crippen LogP contribution in [0.3, 0.4) is 0 Å². The minimum absolute atomic E-state index is 0.000570. The maximum atomic E-state index is 16.2. The number of hydrogen-bond acceptors (Lipinski definition) is 24. The second-order valence-electron chi connectivity index (χ2n) is 36.2. The van der Waals surface area contributed by atoms with Crippen molar-refractivity contribution in [2.45, 2.75) is 150 Å². The molecule has 4 aliphatic rings. The lowest BCUT2D eigenvalue weighted by Gasteiger charge is -2.44. The van der Waals surface area contributed by atoms with Gasteiger partial charge >= 0.3 is 17.1 Å². The Kier molecular flexibility index (Phi) is 25.4.